The summed E-state index contributed by atoms with van der Waals surface area (Å²) in [5.74, 6) is 3.06. The molecule has 134 valence electrons. The van der Waals surface area contributed by atoms with Crippen molar-refractivity contribution >= 4 is 35.0 Å². The zero-order valence-electron chi connectivity index (χ0n) is 14.4. The molecule has 3 rings (SSSR count). The van der Waals surface area contributed by atoms with Crippen molar-refractivity contribution in [1.82, 2.24) is 14.8 Å². The fraction of sp³-hybridized carbons (Fsp3) is 0.500. The summed E-state index contributed by atoms with van der Waals surface area (Å²) in [6.07, 6.45) is 9.81. The Morgan fingerprint density at radius 1 is 1.44 bits per heavy atom. The SMILES string of the molecule is CCN(C(=O)CCSCCC1CC1)c1cn(-c2cccnc2)nc1Cl. The van der Waals surface area contributed by atoms with Crippen LogP contribution in [0.2, 0.25) is 5.15 Å². The van der Waals surface area contributed by atoms with Crippen molar-refractivity contribution in [3.63, 3.8) is 0 Å². The van der Waals surface area contributed by atoms with Gasteiger partial charge in [0.25, 0.3) is 0 Å². The van der Waals surface area contributed by atoms with E-state index in [0.717, 1.165) is 23.1 Å². The second-order valence-corrected chi connectivity index (χ2v) is 7.78. The van der Waals surface area contributed by atoms with Gasteiger partial charge in [-0.05, 0) is 37.1 Å². The molecular formula is C18H23ClN4OS. The van der Waals surface area contributed by atoms with E-state index in [0.29, 0.717) is 23.8 Å². The molecule has 0 spiro atoms. The predicted molar refractivity (Wildman–Crippen MR) is 104 cm³/mol. The van der Waals surface area contributed by atoms with Gasteiger partial charge in [0, 0.05) is 24.9 Å². The van der Waals surface area contributed by atoms with Crippen molar-refractivity contribution in [2.45, 2.75) is 32.6 Å². The van der Waals surface area contributed by atoms with Crippen LogP contribution < -0.4 is 4.90 Å². The zero-order valence-corrected chi connectivity index (χ0v) is 16.0. The zero-order chi connectivity index (χ0) is 17.6. The van der Waals surface area contributed by atoms with Crippen LogP contribution in [0.25, 0.3) is 5.69 Å². The molecule has 1 aliphatic rings. The van der Waals surface area contributed by atoms with E-state index >= 15 is 0 Å². The summed E-state index contributed by atoms with van der Waals surface area (Å²) in [4.78, 5) is 18.4. The topological polar surface area (TPSA) is 51.0 Å². The molecule has 0 bridgehead atoms. The Morgan fingerprint density at radius 2 is 2.28 bits per heavy atom. The summed E-state index contributed by atoms with van der Waals surface area (Å²) in [5, 5.41) is 4.64. The van der Waals surface area contributed by atoms with Crippen LogP contribution >= 0.6 is 23.4 Å². The maximum Gasteiger partial charge on any atom is 0.227 e. The molecular weight excluding hydrogens is 356 g/mol. The van der Waals surface area contributed by atoms with Crippen molar-refractivity contribution in [1.29, 1.82) is 0 Å². The fourth-order valence-electron chi connectivity index (χ4n) is 2.68. The first-order valence-corrected chi connectivity index (χ1v) is 10.3. The van der Waals surface area contributed by atoms with E-state index in [-0.39, 0.29) is 5.91 Å². The minimum absolute atomic E-state index is 0.0917. The number of anilines is 1. The third kappa shape index (κ3) is 4.98. The minimum atomic E-state index is 0.0917. The number of pyridine rings is 1. The van der Waals surface area contributed by atoms with Gasteiger partial charge < -0.3 is 4.90 Å². The number of hydrogen-bond donors (Lipinski definition) is 0. The number of carbonyl (C=O) groups excluding carboxylic acids is 1. The first kappa shape index (κ1) is 18.3. The van der Waals surface area contributed by atoms with Crippen molar-refractivity contribution in [3.8, 4) is 5.69 Å². The summed E-state index contributed by atoms with van der Waals surface area (Å²) < 4.78 is 1.66. The van der Waals surface area contributed by atoms with Crippen LogP contribution in [0.15, 0.2) is 30.7 Å². The standard InChI is InChI=1S/C18H23ClN4OS/c1-2-22(17(24)8-11-25-10-7-14-5-6-14)16-13-23(21-18(16)19)15-4-3-9-20-12-15/h3-4,9,12-14H,2,5-8,10-11H2,1H3. The molecule has 0 aromatic carbocycles. The lowest BCUT2D eigenvalue weighted by Crippen LogP contribution is -2.30. The molecule has 1 aliphatic carbocycles. The van der Waals surface area contributed by atoms with Gasteiger partial charge in [0.15, 0.2) is 5.15 Å². The number of rotatable bonds is 9. The van der Waals surface area contributed by atoms with Crippen LogP contribution in [0.1, 0.15) is 32.6 Å². The third-order valence-electron chi connectivity index (χ3n) is 4.30. The van der Waals surface area contributed by atoms with Crippen LogP contribution in [0.5, 0.6) is 0 Å². The second kappa shape index (κ2) is 8.72. The quantitative estimate of drug-likeness (QED) is 0.614. The van der Waals surface area contributed by atoms with E-state index in [9.17, 15) is 4.79 Å². The Morgan fingerprint density at radius 3 is 2.96 bits per heavy atom. The van der Waals surface area contributed by atoms with Gasteiger partial charge in [0.1, 0.15) is 5.69 Å². The Hall–Kier alpha value is -1.53. The van der Waals surface area contributed by atoms with E-state index in [4.69, 9.17) is 11.6 Å². The largest absolute Gasteiger partial charge is 0.308 e. The van der Waals surface area contributed by atoms with Gasteiger partial charge in [-0.25, -0.2) is 4.68 Å². The molecule has 0 N–H and O–H groups in total. The lowest BCUT2D eigenvalue weighted by molar-refractivity contribution is -0.118. The molecule has 1 fully saturated rings. The van der Waals surface area contributed by atoms with E-state index in [1.807, 2.05) is 30.8 Å². The van der Waals surface area contributed by atoms with E-state index in [1.54, 1.807) is 28.2 Å². The van der Waals surface area contributed by atoms with Crippen LogP contribution in [0.3, 0.4) is 0 Å². The Balaban J connectivity index is 1.59. The first-order valence-electron chi connectivity index (χ1n) is 8.72. The molecule has 2 heterocycles. The molecule has 1 saturated carbocycles. The average Bonchev–Trinajstić information content (AvgIpc) is 3.38. The molecule has 5 nitrogen and oxygen atoms in total. The molecule has 2 aromatic rings. The molecule has 1 amide bonds. The number of nitrogens with zero attached hydrogens (tertiary/aromatic N) is 4. The number of halogens is 1. The van der Waals surface area contributed by atoms with Crippen molar-refractivity contribution in [3.05, 3.63) is 35.9 Å². The summed E-state index contributed by atoms with van der Waals surface area (Å²) >= 11 is 8.16. The molecule has 0 aliphatic heterocycles. The summed E-state index contributed by atoms with van der Waals surface area (Å²) in [5.41, 5.74) is 1.47. The van der Waals surface area contributed by atoms with Gasteiger partial charge in [-0.2, -0.15) is 16.9 Å². The second-order valence-electron chi connectivity index (χ2n) is 6.19. The molecule has 7 heteroatoms. The fourth-order valence-corrected chi connectivity index (χ4v) is 3.94. The lowest BCUT2D eigenvalue weighted by atomic mass is 10.3. The summed E-state index contributed by atoms with van der Waals surface area (Å²) in [7, 11) is 0. The summed E-state index contributed by atoms with van der Waals surface area (Å²) in [6, 6.07) is 3.74. The molecule has 25 heavy (non-hydrogen) atoms. The van der Waals surface area contributed by atoms with Crippen LogP contribution in [-0.4, -0.2) is 38.7 Å². The van der Waals surface area contributed by atoms with Crippen LogP contribution in [-0.2, 0) is 4.79 Å². The maximum atomic E-state index is 12.6. The molecule has 0 saturated heterocycles. The smallest absolute Gasteiger partial charge is 0.227 e. The van der Waals surface area contributed by atoms with Crippen molar-refractivity contribution in [2.75, 3.05) is 23.0 Å². The normalized spacial score (nSPS) is 13.8. The molecule has 0 atom stereocenters. The first-order chi connectivity index (χ1) is 12.2. The monoisotopic (exact) mass is 378 g/mol. The number of thioether (sulfide) groups is 1. The van der Waals surface area contributed by atoms with Crippen LogP contribution in [0, 0.1) is 5.92 Å². The lowest BCUT2D eigenvalue weighted by Gasteiger charge is -2.19. The van der Waals surface area contributed by atoms with E-state index < -0.39 is 0 Å². The Kier molecular flexibility index (Phi) is 6.37. The maximum absolute atomic E-state index is 12.6. The van der Waals surface area contributed by atoms with Gasteiger partial charge in [0.05, 0.1) is 18.1 Å². The van der Waals surface area contributed by atoms with Gasteiger partial charge in [0.2, 0.25) is 5.91 Å². The Labute approximate surface area is 157 Å². The van der Waals surface area contributed by atoms with Crippen LogP contribution in [0.4, 0.5) is 5.69 Å². The van der Waals surface area contributed by atoms with Gasteiger partial charge >= 0.3 is 0 Å². The number of aromatic nitrogens is 3. The highest BCUT2D eigenvalue weighted by Crippen LogP contribution is 2.33. The molecule has 0 radical (unpaired) electrons. The highest BCUT2D eigenvalue weighted by Gasteiger charge is 2.21. The highest BCUT2D eigenvalue weighted by atomic mass is 35.5. The third-order valence-corrected chi connectivity index (χ3v) is 5.58. The van der Waals surface area contributed by atoms with Gasteiger partial charge in [-0.1, -0.05) is 24.4 Å². The van der Waals surface area contributed by atoms with Crippen molar-refractivity contribution < 1.29 is 4.79 Å². The van der Waals surface area contributed by atoms with E-state index in [2.05, 4.69) is 10.1 Å². The number of amides is 1. The van der Waals surface area contributed by atoms with Crippen molar-refractivity contribution in [2.24, 2.45) is 5.92 Å². The number of hydrogen-bond acceptors (Lipinski definition) is 4. The predicted octanol–water partition coefficient (Wildman–Crippen LogP) is 4.20. The van der Waals surface area contributed by atoms with Gasteiger partial charge in [-0.15, -0.1) is 0 Å². The van der Waals surface area contributed by atoms with E-state index in [1.165, 1.54) is 19.3 Å². The summed E-state index contributed by atoms with van der Waals surface area (Å²) in [6.45, 7) is 2.53. The number of carbonyl (C=O) groups is 1. The molecule has 0 unspecified atom stereocenters. The molecule has 2 aromatic heterocycles. The minimum Gasteiger partial charge on any atom is -0.308 e. The Bertz CT molecular complexity index is 702. The average molecular weight is 379 g/mol. The van der Waals surface area contributed by atoms with Gasteiger partial charge in [-0.3, -0.25) is 9.78 Å². The highest BCUT2D eigenvalue weighted by molar-refractivity contribution is 7.99.